The Bertz CT molecular complexity index is 1130. The SMILES string of the molecule is Cc1ccc(C)c(N(CC(=O)Nc2ccccc2F)S(=O)(=O)c2ccccc2)c1. The Morgan fingerprint density at radius 3 is 2.31 bits per heavy atom. The van der Waals surface area contributed by atoms with E-state index in [1.807, 2.05) is 13.0 Å². The highest BCUT2D eigenvalue weighted by Crippen LogP contribution is 2.28. The number of sulfonamides is 1. The summed E-state index contributed by atoms with van der Waals surface area (Å²) in [6.45, 7) is 3.13. The summed E-state index contributed by atoms with van der Waals surface area (Å²) in [6, 6.07) is 19.0. The van der Waals surface area contributed by atoms with E-state index < -0.39 is 28.3 Å². The predicted molar refractivity (Wildman–Crippen MR) is 112 cm³/mol. The Labute approximate surface area is 169 Å². The fraction of sp³-hybridized carbons (Fsp3) is 0.136. The van der Waals surface area contributed by atoms with Crippen molar-refractivity contribution >= 4 is 27.3 Å². The molecule has 0 saturated carbocycles. The first-order chi connectivity index (χ1) is 13.8. The molecule has 0 aliphatic heterocycles. The first-order valence-corrected chi connectivity index (χ1v) is 10.4. The molecule has 0 spiro atoms. The lowest BCUT2D eigenvalue weighted by atomic mass is 10.1. The molecule has 29 heavy (non-hydrogen) atoms. The first kappa shape index (κ1) is 20.5. The number of para-hydroxylation sites is 1. The molecular weight excluding hydrogens is 391 g/mol. The van der Waals surface area contributed by atoms with Crippen molar-refractivity contribution in [2.75, 3.05) is 16.2 Å². The highest BCUT2D eigenvalue weighted by molar-refractivity contribution is 7.92. The third-order valence-electron chi connectivity index (χ3n) is 4.40. The standard InChI is InChI=1S/C22H21FN2O3S/c1-16-12-13-17(2)21(14-16)25(29(27,28)18-8-4-3-5-9-18)15-22(26)24-20-11-7-6-10-19(20)23/h3-14H,15H2,1-2H3,(H,24,26). The molecule has 1 amide bonds. The minimum absolute atomic E-state index is 0.00415. The Balaban J connectivity index is 2.00. The maximum Gasteiger partial charge on any atom is 0.264 e. The molecule has 3 aromatic carbocycles. The summed E-state index contributed by atoms with van der Waals surface area (Å²) >= 11 is 0. The van der Waals surface area contributed by atoms with Crippen molar-refractivity contribution in [1.29, 1.82) is 0 Å². The smallest absolute Gasteiger partial charge is 0.264 e. The van der Waals surface area contributed by atoms with E-state index in [4.69, 9.17) is 0 Å². The van der Waals surface area contributed by atoms with Gasteiger partial charge < -0.3 is 5.32 Å². The predicted octanol–water partition coefficient (Wildman–Crippen LogP) is 4.28. The average molecular weight is 412 g/mol. The molecule has 3 rings (SSSR count). The minimum Gasteiger partial charge on any atom is -0.322 e. The fourth-order valence-corrected chi connectivity index (χ4v) is 4.39. The number of aryl methyl sites for hydroxylation is 2. The van der Waals surface area contributed by atoms with Gasteiger partial charge in [-0.1, -0.05) is 42.5 Å². The van der Waals surface area contributed by atoms with Crippen LogP contribution in [-0.2, 0) is 14.8 Å². The van der Waals surface area contributed by atoms with Gasteiger partial charge in [0.15, 0.2) is 0 Å². The topological polar surface area (TPSA) is 66.5 Å². The monoisotopic (exact) mass is 412 g/mol. The summed E-state index contributed by atoms with van der Waals surface area (Å²) < 4.78 is 41.6. The van der Waals surface area contributed by atoms with Crippen LogP contribution < -0.4 is 9.62 Å². The molecule has 1 N–H and O–H groups in total. The van der Waals surface area contributed by atoms with E-state index in [1.165, 1.54) is 30.3 Å². The maximum absolute atomic E-state index is 13.9. The Morgan fingerprint density at radius 1 is 0.966 bits per heavy atom. The van der Waals surface area contributed by atoms with Gasteiger partial charge in [0.2, 0.25) is 5.91 Å². The summed E-state index contributed by atoms with van der Waals surface area (Å²) in [6.07, 6.45) is 0. The van der Waals surface area contributed by atoms with Gasteiger partial charge in [-0.3, -0.25) is 9.10 Å². The number of benzene rings is 3. The van der Waals surface area contributed by atoms with E-state index >= 15 is 0 Å². The molecule has 0 heterocycles. The first-order valence-electron chi connectivity index (χ1n) is 8.98. The summed E-state index contributed by atoms with van der Waals surface area (Å²) in [5.41, 5.74) is 1.95. The van der Waals surface area contributed by atoms with Crippen molar-refractivity contribution in [1.82, 2.24) is 0 Å². The molecule has 3 aromatic rings. The highest BCUT2D eigenvalue weighted by Gasteiger charge is 2.28. The van der Waals surface area contributed by atoms with Crippen LogP contribution in [0.15, 0.2) is 77.7 Å². The molecule has 0 atom stereocenters. The summed E-state index contributed by atoms with van der Waals surface area (Å²) in [5.74, 6) is -1.24. The van der Waals surface area contributed by atoms with E-state index in [9.17, 15) is 17.6 Å². The van der Waals surface area contributed by atoms with Crippen LogP contribution in [-0.4, -0.2) is 20.9 Å². The Hall–Kier alpha value is -3.19. The van der Waals surface area contributed by atoms with Crippen molar-refractivity contribution in [3.8, 4) is 0 Å². The van der Waals surface area contributed by atoms with Gasteiger partial charge in [0.25, 0.3) is 10.0 Å². The molecular formula is C22H21FN2O3S. The molecule has 7 heteroatoms. The third-order valence-corrected chi connectivity index (χ3v) is 6.17. The van der Waals surface area contributed by atoms with Crippen molar-refractivity contribution in [2.24, 2.45) is 0 Å². The van der Waals surface area contributed by atoms with Crippen molar-refractivity contribution < 1.29 is 17.6 Å². The highest BCUT2D eigenvalue weighted by atomic mass is 32.2. The van der Waals surface area contributed by atoms with Gasteiger partial charge in [0.1, 0.15) is 12.4 Å². The van der Waals surface area contributed by atoms with E-state index in [0.29, 0.717) is 11.3 Å². The van der Waals surface area contributed by atoms with Gasteiger partial charge in [-0.05, 0) is 55.3 Å². The summed E-state index contributed by atoms with van der Waals surface area (Å²) in [5, 5.41) is 2.45. The van der Waals surface area contributed by atoms with Crippen LogP contribution >= 0.6 is 0 Å². The molecule has 150 valence electrons. The molecule has 0 aromatic heterocycles. The van der Waals surface area contributed by atoms with Gasteiger partial charge in [-0.15, -0.1) is 0 Å². The minimum atomic E-state index is -4.01. The van der Waals surface area contributed by atoms with Crippen molar-refractivity contribution in [2.45, 2.75) is 18.7 Å². The molecule has 0 fully saturated rings. The van der Waals surface area contributed by atoms with Crippen LogP contribution in [0.4, 0.5) is 15.8 Å². The molecule has 0 aliphatic rings. The van der Waals surface area contributed by atoms with Crippen molar-refractivity contribution in [3.05, 3.63) is 89.7 Å². The third kappa shape index (κ3) is 4.63. The number of amides is 1. The lowest BCUT2D eigenvalue weighted by Crippen LogP contribution is -2.38. The lowest BCUT2D eigenvalue weighted by Gasteiger charge is -2.26. The molecule has 0 aliphatic carbocycles. The number of hydrogen-bond acceptors (Lipinski definition) is 3. The average Bonchev–Trinajstić information content (AvgIpc) is 2.70. The number of anilines is 2. The molecule has 0 radical (unpaired) electrons. The molecule has 0 bridgehead atoms. The zero-order chi connectivity index (χ0) is 21.0. The molecule has 0 saturated heterocycles. The second kappa shape index (κ2) is 8.45. The number of nitrogens with zero attached hydrogens (tertiary/aromatic N) is 1. The van der Waals surface area contributed by atoms with Crippen LogP contribution in [0.5, 0.6) is 0 Å². The summed E-state index contributed by atoms with van der Waals surface area (Å²) in [4.78, 5) is 12.7. The van der Waals surface area contributed by atoms with E-state index in [0.717, 1.165) is 9.87 Å². The zero-order valence-electron chi connectivity index (χ0n) is 16.1. The van der Waals surface area contributed by atoms with Crippen LogP contribution in [0.3, 0.4) is 0 Å². The van der Waals surface area contributed by atoms with Crippen LogP contribution in [0.25, 0.3) is 0 Å². The van der Waals surface area contributed by atoms with Gasteiger partial charge in [0, 0.05) is 0 Å². The van der Waals surface area contributed by atoms with Crippen LogP contribution in [0.1, 0.15) is 11.1 Å². The number of carbonyl (C=O) groups is 1. The molecule has 0 unspecified atom stereocenters. The maximum atomic E-state index is 13.9. The van der Waals surface area contributed by atoms with Gasteiger partial charge in [-0.2, -0.15) is 0 Å². The van der Waals surface area contributed by atoms with E-state index in [1.54, 1.807) is 43.3 Å². The number of carbonyl (C=O) groups excluding carboxylic acids is 1. The Morgan fingerprint density at radius 2 is 1.62 bits per heavy atom. The second-order valence-electron chi connectivity index (χ2n) is 6.64. The fourth-order valence-electron chi connectivity index (χ4n) is 2.89. The quantitative estimate of drug-likeness (QED) is 0.657. The van der Waals surface area contributed by atoms with Crippen LogP contribution in [0, 0.1) is 19.7 Å². The largest absolute Gasteiger partial charge is 0.322 e. The normalized spacial score (nSPS) is 11.1. The van der Waals surface area contributed by atoms with Crippen LogP contribution in [0.2, 0.25) is 0 Å². The number of hydrogen-bond donors (Lipinski definition) is 1. The van der Waals surface area contributed by atoms with E-state index in [-0.39, 0.29) is 10.6 Å². The number of halogens is 1. The zero-order valence-corrected chi connectivity index (χ0v) is 16.9. The lowest BCUT2D eigenvalue weighted by molar-refractivity contribution is -0.114. The molecule has 5 nitrogen and oxygen atoms in total. The van der Waals surface area contributed by atoms with Crippen molar-refractivity contribution in [3.63, 3.8) is 0 Å². The van der Waals surface area contributed by atoms with Gasteiger partial charge >= 0.3 is 0 Å². The van der Waals surface area contributed by atoms with E-state index in [2.05, 4.69) is 5.32 Å². The second-order valence-corrected chi connectivity index (χ2v) is 8.51. The summed E-state index contributed by atoms with van der Waals surface area (Å²) in [7, 11) is -4.01. The van der Waals surface area contributed by atoms with Gasteiger partial charge in [-0.25, -0.2) is 12.8 Å². The van der Waals surface area contributed by atoms with Gasteiger partial charge in [0.05, 0.1) is 16.3 Å². The number of rotatable bonds is 6. The number of nitrogens with one attached hydrogen (secondary N) is 1. The Kier molecular flexibility index (Phi) is 5.98.